The molecule has 3 rings (SSSR count). The second-order valence-electron chi connectivity index (χ2n) is 5.70. The molecule has 1 aromatic rings. The number of aromatic nitrogens is 2. The molecule has 1 unspecified atom stereocenters. The van der Waals surface area contributed by atoms with Crippen molar-refractivity contribution in [3.63, 3.8) is 0 Å². The summed E-state index contributed by atoms with van der Waals surface area (Å²) in [6.07, 6.45) is 3.37. The molecule has 0 radical (unpaired) electrons. The zero-order chi connectivity index (χ0) is 15.5. The lowest BCUT2D eigenvalue weighted by Crippen LogP contribution is -2.43. The highest BCUT2D eigenvalue weighted by Gasteiger charge is 2.29. The van der Waals surface area contributed by atoms with Gasteiger partial charge in [0, 0.05) is 32.6 Å². The second kappa shape index (κ2) is 6.60. The Hall–Kier alpha value is -1.70. The number of amides is 2. The monoisotopic (exact) mass is 323 g/mol. The Bertz CT molecular complexity index is 561. The third-order valence-corrected chi connectivity index (χ3v) is 5.13. The van der Waals surface area contributed by atoms with Crippen LogP contribution >= 0.6 is 11.3 Å². The first-order chi connectivity index (χ1) is 10.7. The van der Waals surface area contributed by atoms with E-state index in [0.29, 0.717) is 24.6 Å². The minimum atomic E-state index is 0.00877. The number of rotatable bonds is 4. The average molecular weight is 323 g/mol. The van der Waals surface area contributed by atoms with E-state index in [1.165, 1.54) is 11.3 Å². The number of hydrogen-bond donors (Lipinski definition) is 1. The molecule has 8 heteroatoms. The Balaban J connectivity index is 1.67. The zero-order valence-corrected chi connectivity index (χ0v) is 13.6. The Morgan fingerprint density at radius 3 is 2.86 bits per heavy atom. The maximum atomic E-state index is 12.0. The molecule has 1 aromatic heterocycles. The van der Waals surface area contributed by atoms with Gasteiger partial charge in [-0.3, -0.25) is 14.5 Å². The highest BCUT2D eigenvalue weighted by molar-refractivity contribution is 7.19. The van der Waals surface area contributed by atoms with E-state index in [1.54, 1.807) is 4.90 Å². The van der Waals surface area contributed by atoms with E-state index in [4.69, 9.17) is 0 Å². The maximum absolute atomic E-state index is 12.0. The number of carbonyl (C=O) groups excluding carboxylic acids is 2. The summed E-state index contributed by atoms with van der Waals surface area (Å²) in [7, 11) is 0. The number of hydrogen-bond acceptors (Lipinski definition) is 6. The lowest BCUT2D eigenvalue weighted by Gasteiger charge is -2.31. The van der Waals surface area contributed by atoms with Crippen molar-refractivity contribution in [3.05, 3.63) is 0 Å². The molecule has 0 bridgehead atoms. The van der Waals surface area contributed by atoms with Crippen molar-refractivity contribution in [3.8, 4) is 0 Å². The molecule has 2 aliphatic rings. The van der Waals surface area contributed by atoms with E-state index in [-0.39, 0.29) is 17.7 Å². The third kappa shape index (κ3) is 3.06. The van der Waals surface area contributed by atoms with Gasteiger partial charge in [0.2, 0.25) is 22.1 Å². The molecule has 120 valence electrons. The normalized spacial score (nSPS) is 22.2. The summed E-state index contributed by atoms with van der Waals surface area (Å²) in [5.41, 5.74) is 0. The van der Waals surface area contributed by atoms with Crippen LogP contribution in [0.5, 0.6) is 0 Å². The first kappa shape index (κ1) is 15.2. The van der Waals surface area contributed by atoms with E-state index in [0.717, 1.165) is 37.5 Å². The summed E-state index contributed by atoms with van der Waals surface area (Å²) >= 11 is 1.44. The molecular weight excluding hydrogens is 302 g/mol. The number of piperidine rings is 1. The highest BCUT2D eigenvalue weighted by atomic mass is 32.1. The van der Waals surface area contributed by atoms with Gasteiger partial charge >= 0.3 is 0 Å². The summed E-state index contributed by atoms with van der Waals surface area (Å²) < 4.78 is 0. The standard InChI is InChI=1S/C14H21N5O2S/c1-2-15-12(21)10-5-3-7-18(9-10)13-16-17-14(22-13)19-8-4-6-11(19)20/h10H,2-9H2,1H3,(H,15,21). The minimum Gasteiger partial charge on any atom is -0.356 e. The topological polar surface area (TPSA) is 78.4 Å². The van der Waals surface area contributed by atoms with Crippen LogP contribution < -0.4 is 15.1 Å². The lowest BCUT2D eigenvalue weighted by atomic mass is 9.97. The molecule has 2 aliphatic heterocycles. The van der Waals surface area contributed by atoms with E-state index in [9.17, 15) is 9.59 Å². The van der Waals surface area contributed by atoms with Gasteiger partial charge in [-0.2, -0.15) is 0 Å². The number of anilines is 2. The average Bonchev–Trinajstić information content (AvgIpc) is 3.16. The van der Waals surface area contributed by atoms with Crippen LogP contribution in [0.25, 0.3) is 0 Å². The Morgan fingerprint density at radius 2 is 2.14 bits per heavy atom. The quantitative estimate of drug-likeness (QED) is 0.895. The lowest BCUT2D eigenvalue weighted by molar-refractivity contribution is -0.125. The highest BCUT2D eigenvalue weighted by Crippen LogP contribution is 2.32. The molecule has 0 aliphatic carbocycles. The van der Waals surface area contributed by atoms with E-state index >= 15 is 0 Å². The van der Waals surface area contributed by atoms with Gasteiger partial charge in [0.25, 0.3) is 0 Å². The van der Waals surface area contributed by atoms with Gasteiger partial charge in [0.1, 0.15) is 0 Å². The van der Waals surface area contributed by atoms with Gasteiger partial charge in [-0.25, -0.2) is 0 Å². The van der Waals surface area contributed by atoms with Crippen molar-refractivity contribution >= 4 is 33.4 Å². The predicted molar refractivity (Wildman–Crippen MR) is 85.1 cm³/mol. The zero-order valence-electron chi connectivity index (χ0n) is 12.7. The molecule has 1 N–H and O–H groups in total. The van der Waals surface area contributed by atoms with Crippen LogP contribution in [0.4, 0.5) is 10.3 Å². The summed E-state index contributed by atoms with van der Waals surface area (Å²) in [6, 6.07) is 0. The Kier molecular flexibility index (Phi) is 4.56. The van der Waals surface area contributed by atoms with Crippen molar-refractivity contribution < 1.29 is 9.59 Å². The van der Waals surface area contributed by atoms with Gasteiger partial charge in [0.05, 0.1) is 5.92 Å². The SMILES string of the molecule is CCNC(=O)C1CCCN(c2nnc(N3CCCC3=O)s2)C1. The Morgan fingerprint density at radius 1 is 1.32 bits per heavy atom. The minimum absolute atomic E-state index is 0.00877. The predicted octanol–water partition coefficient (Wildman–Crippen LogP) is 1.02. The van der Waals surface area contributed by atoms with Crippen LogP contribution in [-0.4, -0.2) is 48.2 Å². The van der Waals surface area contributed by atoms with Crippen LogP contribution in [0.3, 0.4) is 0 Å². The number of nitrogens with zero attached hydrogens (tertiary/aromatic N) is 4. The second-order valence-corrected chi connectivity index (χ2v) is 6.63. The molecule has 0 aromatic carbocycles. The molecule has 2 saturated heterocycles. The molecule has 0 spiro atoms. The summed E-state index contributed by atoms with van der Waals surface area (Å²) in [5, 5.41) is 12.8. The van der Waals surface area contributed by atoms with E-state index in [1.807, 2.05) is 6.92 Å². The maximum Gasteiger partial charge on any atom is 0.228 e. The van der Waals surface area contributed by atoms with Crippen LogP contribution in [0.2, 0.25) is 0 Å². The van der Waals surface area contributed by atoms with Crippen molar-refractivity contribution in [1.29, 1.82) is 0 Å². The van der Waals surface area contributed by atoms with E-state index in [2.05, 4.69) is 20.4 Å². The molecular formula is C14H21N5O2S. The van der Waals surface area contributed by atoms with Crippen LogP contribution in [0, 0.1) is 5.92 Å². The van der Waals surface area contributed by atoms with Crippen molar-refractivity contribution in [2.24, 2.45) is 5.92 Å². The molecule has 22 heavy (non-hydrogen) atoms. The molecule has 7 nitrogen and oxygen atoms in total. The molecule has 2 fully saturated rings. The Labute approximate surface area is 133 Å². The fraction of sp³-hybridized carbons (Fsp3) is 0.714. The largest absolute Gasteiger partial charge is 0.356 e. The summed E-state index contributed by atoms with van der Waals surface area (Å²) in [5.74, 6) is 0.252. The van der Waals surface area contributed by atoms with E-state index < -0.39 is 0 Å². The van der Waals surface area contributed by atoms with Crippen LogP contribution in [-0.2, 0) is 9.59 Å². The van der Waals surface area contributed by atoms with Crippen molar-refractivity contribution in [1.82, 2.24) is 15.5 Å². The molecule has 3 heterocycles. The molecule has 1 atom stereocenters. The summed E-state index contributed by atoms with van der Waals surface area (Å²) in [6.45, 7) is 4.89. The van der Waals surface area contributed by atoms with Crippen molar-refractivity contribution in [2.45, 2.75) is 32.6 Å². The van der Waals surface area contributed by atoms with Crippen LogP contribution in [0.1, 0.15) is 32.6 Å². The molecule has 0 saturated carbocycles. The van der Waals surface area contributed by atoms with Gasteiger partial charge in [-0.1, -0.05) is 11.3 Å². The summed E-state index contributed by atoms with van der Waals surface area (Å²) in [4.78, 5) is 27.6. The van der Waals surface area contributed by atoms with Crippen molar-refractivity contribution in [2.75, 3.05) is 36.0 Å². The first-order valence-electron chi connectivity index (χ1n) is 7.85. The van der Waals surface area contributed by atoms with Gasteiger partial charge in [-0.05, 0) is 26.2 Å². The van der Waals surface area contributed by atoms with Gasteiger partial charge in [-0.15, -0.1) is 10.2 Å². The first-order valence-corrected chi connectivity index (χ1v) is 8.67. The number of nitrogens with one attached hydrogen (secondary N) is 1. The van der Waals surface area contributed by atoms with Crippen LogP contribution in [0.15, 0.2) is 0 Å². The fourth-order valence-corrected chi connectivity index (χ4v) is 3.90. The number of carbonyl (C=O) groups is 2. The molecule has 2 amide bonds. The third-order valence-electron chi connectivity index (χ3n) is 4.12. The van der Waals surface area contributed by atoms with Gasteiger partial charge < -0.3 is 10.2 Å². The smallest absolute Gasteiger partial charge is 0.228 e. The van der Waals surface area contributed by atoms with Gasteiger partial charge in [0.15, 0.2) is 0 Å². The fourth-order valence-electron chi connectivity index (χ4n) is 2.98.